The molecule has 0 radical (unpaired) electrons. The maximum absolute atomic E-state index is 9.62. The molecule has 1 aromatic carbocycles. The van der Waals surface area contributed by atoms with Crippen molar-refractivity contribution in [3.63, 3.8) is 0 Å². The Hall–Kier alpha value is -0.860. The van der Waals surface area contributed by atoms with Crippen LogP contribution < -0.4 is 5.32 Å². The number of benzene rings is 1. The third kappa shape index (κ3) is 3.62. The minimum absolute atomic E-state index is 0.177. The average Bonchev–Trinajstić information content (AvgIpc) is 2.29. The van der Waals surface area contributed by atoms with Crippen LogP contribution in [0, 0.1) is 0 Å². The highest BCUT2D eigenvalue weighted by Crippen LogP contribution is 2.17. The van der Waals surface area contributed by atoms with E-state index in [1.807, 2.05) is 18.2 Å². The molecule has 0 bridgehead atoms. The summed E-state index contributed by atoms with van der Waals surface area (Å²) < 4.78 is 0. The van der Waals surface area contributed by atoms with E-state index in [9.17, 15) is 5.11 Å². The summed E-state index contributed by atoms with van der Waals surface area (Å²) in [6, 6.07) is 10.7. The molecule has 0 fully saturated rings. The van der Waals surface area contributed by atoms with Crippen LogP contribution in [0.2, 0.25) is 0 Å². The standard InChI is InChI=1S/C14H23NO/c1-4-14(11-16,15-12(2)3)10-13-8-6-5-7-9-13/h5-9,12,15-16H,4,10-11H2,1-3H3. The topological polar surface area (TPSA) is 32.3 Å². The van der Waals surface area contributed by atoms with Crippen LogP contribution in [0.25, 0.3) is 0 Å². The number of aliphatic hydroxyl groups excluding tert-OH is 1. The van der Waals surface area contributed by atoms with Gasteiger partial charge in [0, 0.05) is 11.6 Å². The zero-order valence-electron chi connectivity index (χ0n) is 10.5. The zero-order chi connectivity index (χ0) is 12.0. The van der Waals surface area contributed by atoms with E-state index >= 15 is 0 Å². The van der Waals surface area contributed by atoms with E-state index in [0.717, 1.165) is 12.8 Å². The maximum Gasteiger partial charge on any atom is 0.0616 e. The van der Waals surface area contributed by atoms with Crippen molar-refractivity contribution in [2.75, 3.05) is 6.61 Å². The lowest BCUT2D eigenvalue weighted by atomic mass is 9.88. The van der Waals surface area contributed by atoms with Crippen LogP contribution in [-0.4, -0.2) is 23.3 Å². The molecule has 0 heterocycles. The Morgan fingerprint density at radius 2 is 1.88 bits per heavy atom. The second-order valence-electron chi connectivity index (χ2n) is 4.75. The van der Waals surface area contributed by atoms with E-state index in [-0.39, 0.29) is 12.1 Å². The molecule has 2 N–H and O–H groups in total. The molecule has 0 aliphatic heterocycles. The normalized spacial score (nSPS) is 15.1. The Labute approximate surface area is 98.7 Å². The van der Waals surface area contributed by atoms with Gasteiger partial charge in [0.25, 0.3) is 0 Å². The van der Waals surface area contributed by atoms with E-state index in [1.165, 1.54) is 5.56 Å². The lowest BCUT2D eigenvalue weighted by Gasteiger charge is -2.34. The number of hydrogen-bond acceptors (Lipinski definition) is 2. The van der Waals surface area contributed by atoms with Gasteiger partial charge in [-0.25, -0.2) is 0 Å². The molecule has 90 valence electrons. The zero-order valence-corrected chi connectivity index (χ0v) is 10.5. The predicted molar refractivity (Wildman–Crippen MR) is 68.5 cm³/mol. The van der Waals surface area contributed by atoms with E-state index < -0.39 is 0 Å². The molecule has 0 saturated carbocycles. The van der Waals surface area contributed by atoms with Crippen LogP contribution in [0.3, 0.4) is 0 Å². The SMILES string of the molecule is CCC(CO)(Cc1ccccc1)NC(C)C. The molecule has 0 aliphatic rings. The Kier molecular flexibility index (Phi) is 4.97. The van der Waals surface area contributed by atoms with Crippen molar-refractivity contribution in [3.8, 4) is 0 Å². The second-order valence-corrected chi connectivity index (χ2v) is 4.75. The van der Waals surface area contributed by atoms with Gasteiger partial charge in [0.15, 0.2) is 0 Å². The van der Waals surface area contributed by atoms with Gasteiger partial charge in [0.05, 0.1) is 6.61 Å². The van der Waals surface area contributed by atoms with E-state index in [0.29, 0.717) is 6.04 Å². The number of rotatable bonds is 6. The van der Waals surface area contributed by atoms with Gasteiger partial charge in [-0.05, 0) is 18.4 Å². The molecule has 0 spiro atoms. The molecule has 1 unspecified atom stereocenters. The summed E-state index contributed by atoms with van der Waals surface area (Å²) in [5, 5.41) is 13.1. The molecule has 1 atom stereocenters. The molecule has 0 aromatic heterocycles. The fourth-order valence-electron chi connectivity index (χ4n) is 2.09. The minimum Gasteiger partial charge on any atom is -0.394 e. The summed E-state index contributed by atoms with van der Waals surface area (Å²) in [6.45, 7) is 6.53. The van der Waals surface area contributed by atoms with Gasteiger partial charge in [-0.3, -0.25) is 0 Å². The van der Waals surface area contributed by atoms with Crippen LogP contribution in [-0.2, 0) is 6.42 Å². The Balaban J connectivity index is 2.78. The van der Waals surface area contributed by atoms with E-state index in [4.69, 9.17) is 0 Å². The van der Waals surface area contributed by atoms with Crippen molar-refractivity contribution in [1.29, 1.82) is 0 Å². The number of hydrogen-bond donors (Lipinski definition) is 2. The van der Waals surface area contributed by atoms with Crippen molar-refractivity contribution in [3.05, 3.63) is 35.9 Å². The Morgan fingerprint density at radius 3 is 2.31 bits per heavy atom. The largest absolute Gasteiger partial charge is 0.394 e. The van der Waals surface area contributed by atoms with Gasteiger partial charge in [-0.2, -0.15) is 0 Å². The second kappa shape index (κ2) is 6.02. The summed E-state index contributed by atoms with van der Waals surface area (Å²) in [6.07, 6.45) is 1.80. The molecule has 0 saturated heterocycles. The first-order valence-electron chi connectivity index (χ1n) is 6.04. The van der Waals surface area contributed by atoms with Crippen LogP contribution in [0.5, 0.6) is 0 Å². The molecule has 1 aromatic rings. The van der Waals surface area contributed by atoms with Gasteiger partial charge in [-0.1, -0.05) is 51.1 Å². The molecule has 1 rings (SSSR count). The van der Waals surface area contributed by atoms with Gasteiger partial charge in [0.2, 0.25) is 0 Å². The van der Waals surface area contributed by atoms with Crippen LogP contribution in [0.1, 0.15) is 32.8 Å². The molecule has 0 amide bonds. The smallest absolute Gasteiger partial charge is 0.0616 e. The Morgan fingerprint density at radius 1 is 1.25 bits per heavy atom. The summed E-state index contributed by atoms with van der Waals surface area (Å²) in [7, 11) is 0. The fourth-order valence-corrected chi connectivity index (χ4v) is 2.09. The van der Waals surface area contributed by atoms with Crippen molar-refractivity contribution in [2.24, 2.45) is 0 Å². The lowest BCUT2D eigenvalue weighted by Crippen LogP contribution is -2.52. The predicted octanol–water partition coefficient (Wildman–Crippen LogP) is 2.37. The highest BCUT2D eigenvalue weighted by molar-refractivity contribution is 5.18. The van der Waals surface area contributed by atoms with Crippen molar-refractivity contribution in [2.45, 2.75) is 45.2 Å². The van der Waals surface area contributed by atoms with E-state index in [1.54, 1.807) is 0 Å². The highest BCUT2D eigenvalue weighted by Gasteiger charge is 2.27. The molecule has 2 nitrogen and oxygen atoms in total. The van der Waals surface area contributed by atoms with Crippen molar-refractivity contribution >= 4 is 0 Å². The van der Waals surface area contributed by atoms with Crippen LogP contribution in [0.4, 0.5) is 0 Å². The third-order valence-corrected chi connectivity index (χ3v) is 2.96. The molecular weight excluding hydrogens is 198 g/mol. The van der Waals surface area contributed by atoms with Gasteiger partial charge in [0.1, 0.15) is 0 Å². The number of aliphatic hydroxyl groups is 1. The summed E-state index contributed by atoms with van der Waals surface area (Å²) in [4.78, 5) is 0. The van der Waals surface area contributed by atoms with Crippen molar-refractivity contribution < 1.29 is 5.11 Å². The van der Waals surface area contributed by atoms with Crippen LogP contribution in [0.15, 0.2) is 30.3 Å². The monoisotopic (exact) mass is 221 g/mol. The summed E-state index contributed by atoms with van der Waals surface area (Å²) >= 11 is 0. The Bertz CT molecular complexity index is 291. The first-order valence-corrected chi connectivity index (χ1v) is 6.04. The minimum atomic E-state index is -0.185. The van der Waals surface area contributed by atoms with Gasteiger partial charge in [-0.15, -0.1) is 0 Å². The third-order valence-electron chi connectivity index (χ3n) is 2.96. The average molecular weight is 221 g/mol. The fraction of sp³-hybridized carbons (Fsp3) is 0.571. The van der Waals surface area contributed by atoms with E-state index in [2.05, 4.69) is 38.2 Å². The van der Waals surface area contributed by atoms with Crippen molar-refractivity contribution in [1.82, 2.24) is 5.32 Å². The highest BCUT2D eigenvalue weighted by atomic mass is 16.3. The first kappa shape index (κ1) is 13.2. The summed E-state index contributed by atoms with van der Waals surface area (Å²) in [5.41, 5.74) is 1.08. The maximum atomic E-state index is 9.62. The van der Waals surface area contributed by atoms with Gasteiger partial charge < -0.3 is 10.4 Å². The number of nitrogens with one attached hydrogen (secondary N) is 1. The molecule has 16 heavy (non-hydrogen) atoms. The first-order chi connectivity index (χ1) is 7.62. The molecular formula is C14H23NO. The quantitative estimate of drug-likeness (QED) is 0.773. The lowest BCUT2D eigenvalue weighted by molar-refractivity contribution is 0.146. The molecule has 0 aliphatic carbocycles. The van der Waals surface area contributed by atoms with Crippen LogP contribution >= 0.6 is 0 Å². The summed E-state index contributed by atoms with van der Waals surface area (Å²) in [5.74, 6) is 0. The van der Waals surface area contributed by atoms with Gasteiger partial charge >= 0.3 is 0 Å². The molecule has 2 heteroatoms.